The summed E-state index contributed by atoms with van der Waals surface area (Å²) < 4.78 is 5.29. The van der Waals surface area contributed by atoms with Crippen LogP contribution in [0, 0.1) is 5.92 Å². The molecule has 11 nitrogen and oxygen atoms in total. The van der Waals surface area contributed by atoms with Crippen molar-refractivity contribution < 1.29 is 24.2 Å². The third-order valence-corrected chi connectivity index (χ3v) is 5.09. The highest BCUT2D eigenvalue weighted by molar-refractivity contribution is 6.08. The van der Waals surface area contributed by atoms with Gasteiger partial charge >= 0.3 is 5.97 Å². The number of rotatable bonds is 5. The third-order valence-electron chi connectivity index (χ3n) is 5.09. The maximum absolute atomic E-state index is 12.5. The summed E-state index contributed by atoms with van der Waals surface area (Å²) >= 11 is 0. The van der Waals surface area contributed by atoms with E-state index in [1.54, 1.807) is 18.2 Å². The second-order valence-electron chi connectivity index (χ2n) is 7.91. The first kappa shape index (κ1) is 23.7. The SMILES string of the molecule is CC(C)[C@@H](C)N.O=C1COc2ccc(CNC(=O)c3ncnc4c(C(=O)O)c[nH]c34)cc2N1. The second kappa shape index (κ2) is 10.1. The van der Waals surface area contributed by atoms with Crippen LogP contribution in [0.3, 0.4) is 0 Å². The highest BCUT2D eigenvalue weighted by atomic mass is 16.5. The van der Waals surface area contributed by atoms with Gasteiger partial charge in [-0.05, 0) is 30.5 Å². The molecule has 1 aromatic carbocycles. The Morgan fingerprint density at radius 1 is 1.27 bits per heavy atom. The molecule has 0 fully saturated rings. The van der Waals surface area contributed by atoms with E-state index in [2.05, 4.69) is 39.4 Å². The summed E-state index contributed by atoms with van der Waals surface area (Å²) in [7, 11) is 0. The number of anilines is 1. The number of nitrogens with two attached hydrogens (primary N) is 1. The molecule has 0 bridgehead atoms. The lowest BCUT2D eigenvalue weighted by Gasteiger charge is -2.18. The molecule has 1 aliphatic heterocycles. The zero-order chi connectivity index (χ0) is 24.1. The van der Waals surface area contributed by atoms with Gasteiger partial charge in [0.15, 0.2) is 12.3 Å². The second-order valence-corrected chi connectivity index (χ2v) is 7.91. The Labute approximate surface area is 189 Å². The summed E-state index contributed by atoms with van der Waals surface area (Å²) in [4.78, 5) is 45.7. The lowest BCUT2D eigenvalue weighted by Crippen LogP contribution is -2.26. The molecule has 0 aliphatic carbocycles. The van der Waals surface area contributed by atoms with Gasteiger partial charge in [-0.3, -0.25) is 9.59 Å². The van der Waals surface area contributed by atoms with Crippen molar-refractivity contribution in [1.29, 1.82) is 0 Å². The molecule has 11 heteroatoms. The molecule has 3 aromatic rings. The standard InChI is InChI=1S/C17H13N5O5.C5H13N/c23-12-6-27-11-2-1-8(3-10(11)22-12)4-19-16(24)15-14-13(20-7-21-15)9(5-18-14)17(25)26;1-4(2)5(3)6/h1-3,5,7,18H,4,6H2,(H,19,24)(H,22,23)(H,25,26);4-5H,6H2,1-3H3/t;5-/m.1/s1. The van der Waals surface area contributed by atoms with E-state index in [0.29, 0.717) is 23.4 Å². The van der Waals surface area contributed by atoms with Crippen LogP contribution in [-0.4, -0.2) is 50.5 Å². The molecule has 174 valence electrons. The van der Waals surface area contributed by atoms with Crippen LogP contribution in [0.4, 0.5) is 5.69 Å². The van der Waals surface area contributed by atoms with E-state index < -0.39 is 11.9 Å². The topological polar surface area (TPSA) is 172 Å². The Bertz CT molecular complexity index is 1180. The summed E-state index contributed by atoms with van der Waals surface area (Å²) in [6, 6.07) is 5.54. The third kappa shape index (κ3) is 5.63. The Kier molecular flexibility index (Phi) is 7.23. The molecule has 0 spiro atoms. The van der Waals surface area contributed by atoms with Crippen LogP contribution < -0.4 is 21.1 Å². The Morgan fingerprint density at radius 3 is 2.67 bits per heavy atom. The number of aromatic nitrogens is 3. The van der Waals surface area contributed by atoms with Crippen molar-refractivity contribution in [2.24, 2.45) is 11.7 Å². The van der Waals surface area contributed by atoms with Gasteiger partial charge < -0.3 is 31.2 Å². The number of nitrogens with zero attached hydrogens (tertiary/aromatic N) is 2. The number of benzene rings is 1. The number of carbonyl (C=O) groups excluding carboxylic acids is 2. The largest absolute Gasteiger partial charge is 0.482 e. The molecule has 3 heterocycles. The van der Waals surface area contributed by atoms with Crippen molar-refractivity contribution in [2.75, 3.05) is 11.9 Å². The quantitative estimate of drug-likeness (QED) is 0.389. The lowest BCUT2D eigenvalue weighted by molar-refractivity contribution is -0.118. The fraction of sp³-hybridized carbons (Fsp3) is 0.318. The highest BCUT2D eigenvalue weighted by Crippen LogP contribution is 2.28. The minimum absolute atomic E-state index is 0.0265. The number of carbonyl (C=O) groups is 3. The summed E-state index contributed by atoms with van der Waals surface area (Å²) in [5, 5.41) is 14.6. The number of aromatic carboxylic acids is 1. The minimum Gasteiger partial charge on any atom is -0.482 e. The number of hydrogen-bond acceptors (Lipinski definition) is 7. The van der Waals surface area contributed by atoms with Gasteiger partial charge in [0, 0.05) is 18.8 Å². The molecule has 1 atom stereocenters. The number of hydrogen-bond donors (Lipinski definition) is 5. The minimum atomic E-state index is -1.15. The molecule has 0 radical (unpaired) electrons. The number of nitrogens with one attached hydrogen (secondary N) is 3. The van der Waals surface area contributed by atoms with E-state index in [1.165, 1.54) is 6.20 Å². The van der Waals surface area contributed by atoms with E-state index in [-0.39, 0.29) is 41.3 Å². The van der Waals surface area contributed by atoms with Crippen LogP contribution in [0.2, 0.25) is 0 Å². The molecule has 0 unspecified atom stereocenters. The van der Waals surface area contributed by atoms with Crippen LogP contribution in [-0.2, 0) is 11.3 Å². The normalized spacial score (nSPS) is 13.3. The average Bonchev–Trinajstić information content (AvgIpc) is 3.22. The highest BCUT2D eigenvalue weighted by Gasteiger charge is 2.20. The van der Waals surface area contributed by atoms with E-state index >= 15 is 0 Å². The Morgan fingerprint density at radius 2 is 2.00 bits per heavy atom. The maximum Gasteiger partial charge on any atom is 0.339 e. The van der Waals surface area contributed by atoms with Gasteiger partial charge in [0.1, 0.15) is 23.2 Å². The zero-order valence-electron chi connectivity index (χ0n) is 18.5. The molecule has 1 aliphatic rings. The smallest absolute Gasteiger partial charge is 0.339 e. The number of amides is 2. The molecule has 2 aromatic heterocycles. The average molecular weight is 454 g/mol. The lowest BCUT2D eigenvalue weighted by atomic mass is 10.1. The van der Waals surface area contributed by atoms with E-state index in [0.717, 1.165) is 11.9 Å². The first-order valence-electron chi connectivity index (χ1n) is 10.3. The molecule has 4 rings (SSSR count). The maximum atomic E-state index is 12.5. The van der Waals surface area contributed by atoms with Gasteiger partial charge in [-0.1, -0.05) is 19.9 Å². The number of carboxylic acid groups (broad SMARTS) is 1. The molecule has 2 amide bonds. The van der Waals surface area contributed by atoms with Crippen molar-refractivity contribution in [3.05, 3.63) is 47.5 Å². The van der Waals surface area contributed by atoms with Gasteiger partial charge in [0.05, 0.1) is 11.2 Å². The first-order chi connectivity index (χ1) is 15.7. The number of carboxylic acids is 1. The predicted molar refractivity (Wildman–Crippen MR) is 121 cm³/mol. The molecular weight excluding hydrogens is 428 g/mol. The molecule has 0 saturated carbocycles. The predicted octanol–water partition coefficient (Wildman–Crippen LogP) is 1.91. The van der Waals surface area contributed by atoms with Crippen LogP contribution >= 0.6 is 0 Å². The molecule has 6 N–H and O–H groups in total. The van der Waals surface area contributed by atoms with Crippen molar-refractivity contribution in [2.45, 2.75) is 33.4 Å². The Balaban J connectivity index is 0.000000454. The number of fused-ring (bicyclic) bond motifs is 2. The van der Waals surface area contributed by atoms with Crippen molar-refractivity contribution >= 4 is 34.5 Å². The van der Waals surface area contributed by atoms with Gasteiger partial charge in [0.25, 0.3) is 11.8 Å². The molecule has 33 heavy (non-hydrogen) atoms. The van der Waals surface area contributed by atoms with Crippen LogP contribution in [0.25, 0.3) is 11.0 Å². The summed E-state index contributed by atoms with van der Waals surface area (Å²) in [5.41, 5.74) is 7.14. The number of H-pyrrole nitrogens is 1. The first-order valence-corrected chi connectivity index (χ1v) is 10.3. The van der Waals surface area contributed by atoms with Gasteiger partial charge in [-0.2, -0.15) is 0 Å². The molecular formula is C22H26N6O5. The van der Waals surface area contributed by atoms with Gasteiger partial charge in [-0.15, -0.1) is 0 Å². The number of ether oxygens (including phenoxy) is 1. The van der Waals surface area contributed by atoms with E-state index in [1.807, 2.05) is 6.92 Å². The summed E-state index contributed by atoms with van der Waals surface area (Å²) in [6.45, 7) is 6.40. The van der Waals surface area contributed by atoms with E-state index in [9.17, 15) is 14.4 Å². The van der Waals surface area contributed by atoms with Crippen LogP contribution in [0.5, 0.6) is 5.75 Å². The van der Waals surface area contributed by atoms with Crippen molar-refractivity contribution in [3.63, 3.8) is 0 Å². The zero-order valence-corrected chi connectivity index (χ0v) is 18.5. The van der Waals surface area contributed by atoms with E-state index in [4.69, 9.17) is 15.6 Å². The van der Waals surface area contributed by atoms with Crippen LogP contribution in [0.15, 0.2) is 30.7 Å². The van der Waals surface area contributed by atoms with Crippen molar-refractivity contribution in [3.8, 4) is 5.75 Å². The number of aromatic amines is 1. The monoisotopic (exact) mass is 454 g/mol. The summed E-state index contributed by atoms with van der Waals surface area (Å²) in [5.74, 6) is -0.684. The fourth-order valence-electron chi connectivity index (χ4n) is 2.78. The Hall–Kier alpha value is -3.99. The van der Waals surface area contributed by atoms with Gasteiger partial charge in [-0.25, -0.2) is 14.8 Å². The van der Waals surface area contributed by atoms with Gasteiger partial charge in [0.2, 0.25) is 0 Å². The van der Waals surface area contributed by atoms with Crippen LogP contribution in [0.1, 0.15) is 47.2 Å². The summed E-state index contributed by atoms with van der Waals surface area (Å²) in [6.07, 6.45) is 2.41. The molecule has 0 saturated heterocycles. The fourth-order valence-corrected chi connectivity index (χ4v) is 2.78. The van der Waals surface area contributed by atoms with Crippen molar-refractivity contribution in [1.82, 2.24) is 20.3 Å².